The van der Waals surface area contributed by atoms with Crippen molar-refractivity contribution < 1.29 is 4.79 Å². The van der Waals surface area contributed by atoms with Crippen molar-refractivity contribution in [3.05, 3.63) is 29.3 Å². The lowest BCUT2D eigenvalue weighted by atomic mass is 9.99. The van der Waals surface area contributed by atoms with Gasteiger partial charge in [0.25, 0.3) is 0 Å². The first-order valence-corrected chi connectivity index (χ1v) is 7.16. The number of nitrogens with zero attached hydrogens (tertiary/aromatic N) is 2. The lowest BCUT2D eigenvalue weighted by Crippen LogP contribution is -2.37. The lowest BCUT2D eigenvalue weighted by Gasteiger charge is -2.30. The molecule has 1 fully saturated rings. The van der Waals surface area contributed by atoms with Gasteiger partial charge in [0.05, 0.1) is 15.2 Å². The number of likely N-dealkylation sites (tertiary alicyclic amines) is 1. The van der Waals surface area contributed by atoms with Gasteiger partial charge in [0.2, 0.25) is 5.91 Å². The summed E-state index contributed by atoms with van der Waals surface area (Å²) in [7, 11) is 0. The van der Waals surface area contributed by atoms with Gasteiger partial charge in [-0.3, -0.25) is 4.79 Å². The largest absolute Gasteiger partial charge is 0.342 e. The smallest absolute Gasteiger partial charge is 0.219 e. The van der Waals surface area contributed by atoms with Crippen molar-refractivity contribution in [2.24, 2.45) is 0 Å². The number of hydrogen-bond acceptors (Lipinski definition) is 3. The molecule has 0 spiro atoms. The van der Waals surface area contributed by atoms with Crippen LogP contribution in [0.2, 0.25) is 0 Å². The molecule has 1 atom stereocenters. The summed E-state index contributed by atoms with van der Waals surface area (Å²) in [6.07, 6.45) is 2.23. The number of amides is 1. The predicted molar refractivity (Wildman–Crippen MR) is 73.8 cm³/mol. The molecule has 4 heteroatoms. The predicted octanol–water partition coefficient (Wildman–Crippen LogP) is 3.02. The lowest BCUT2D eigenvalue weighted by molar-refractivity contribution is -0.130. The quantitative estimate of drug-likeness (QED) is 0.789. The molecule has 1 aromatic heterocycles. The van der Waals surface area contributed by atoms with Crippen LogP contribution in [-0.2, 0) is 4.79 Å². The van der Waals surface area contributed by atoms with Crippen molar-refractivity contribution >= 4 is 27.5 Å². The normalized spacial score (nSPS) is 20.3. The number of piperidine rings is 1. The highest BCUT2D eigenvalue weighted by atomic mass is 32.1. The maximum atomic E-state index is 11.5. The molecule has 94 valence electrons. The number of benzene rings is 1. The second-order valence-corrected chi connectivity index (χ2v) is 5.89. The van der Waals surface area contributed by atoms with Crippen molar-refractivity contribution in [2.75, 3.05) is 13.1 Å². The van der Waals surface area contributed by atoms with Gasteiger partial charge in [-0.05, 0) is 25.0 Å². The zero-order chi connectivity index (χ0) is 12.5. The number of thiazole rings is 1. The number of carbonyl (C=O) groups is 1. The van der Waals surface area contributed by atoms with Crippen molar-refractivity contribution in [1.29, 1.82) is 0 Å². The van der Waals surface area contributed by atoms with Crippen molar-refractivity contribution in [3.8, 4) is 0 Å². The molecule has 3 nitrogen and oxygen atoms in total. The third-order valence-corrected chi connectivity index (χ3v) is 4.73. The van der Waals surface area contributed by atoms with Gasteiger partial charge in [-0.25, -0.2) is 4.98 Å². The summed E-state index contributed by atoms with van der Waals surface area (Å²) in [4.78, 5) is 18.1. The summed E-state index contributed by atoms with van der Waals surface area (Å²) in [5.41, 5.74) is 1.08. The van der Waals surface area contributed by atoms with Gasteiger partial charge in [0, 0.05) is 25.9 Å². The van der Waals surface area contributed by atoms with E-state index in [9.17, 15) is 4.79 Å². The Balaban J connectivity index is 1.87. The molecule has 2 heterocycles. The number of carbonyl (C=O) groups excluding carboxylic acids is 1. The Morgan fingerprint density at radius 1 is 1.44 bits per heavy atom. The maximum Gasteiger partial charge on any atom is 0.219 e. The van der Waals surface area contributed by atoms with E-state index >= 15 is 0 Å². The molecule has 0 saturated carbocycles. The molecule has 0 aliphatic carbocycles. The number of fused-ring (bicyclic) bond motifs is 1. The highest BCUT2D eigenvalue weighted by Gasteiger charge is 2.25. The van der Waals surface area contributed by atoms with Crippen LogP contribution in [0.25, 0.3) is 10.2 Å². The van der Waals surface area contributed by atoms with Gasteiger partial charge in [0.1, 0.15) is 0 Å². The number of hydrogen-bond donors (Lipinski definition) is 0. The third-order valence-electron chi connectivity index (χ3n) is 3.53. The van der Waals surface area contributed by atoms with E-state index in [4.69, 9.17) is 4.98 Å². The zero-order valence-electron chi connectivity index (χ0n) is 10.4. The first kappa shape index (κ1) is 11.7. The van der Waals surface area contributed by atoms with Crippen LogP contribution in [-0.4, -0.2) is 28.9 Å². The molecule has 1 unspecified atom stereocenters. The van der Waals surface area contributed by atoms with Crippen LogP contribution < -0.4 is 0 Å². The topological polar surface area (TPSA) is 33.2 Å². The van der Waals surface area contributed by atoms with E-state index < -0.39 is 0 Å². The minimum absolute atomic E-state index is 0.181. The second kappa shape index (κ2) is 4.69. The highest BCUT2D eigenvalue weighted by Crippen LogP contribution is 2.32. The third kappa shape index (κ3) is 2.12. The molecule has 1 amide bonds. The van der Waals surface area contributed by atoms with Gasteiger partial charge in [-0.1, -0.05) is 12.1 Å². The van der Waals surface area contributed by atoms with Crippen LogP contribution in [0.5, 0.6) is 0 Å². The van der Waals surface area contributed by atoms with Gasteiger partial charge in [0.15, 0.2) is 0 Å². The average molecular weight is 260 g/mol. The molecule has 0 N–H and O–H groups in total. The monoisotopic (exact) mass is 260 g/mol. The maximum absolute atomic E-state index is 11.5. The zero-order valence-corrected chi connectivity index (χ0v) is 11.2. The summed E-state index contributed by atoms with van der Waals surface area (Å²) < 4.78 is 1.24. The Hall–Kier alpha value is -1.42. The number of rotatable bonds is 1. The van der Waals surface area contributed by atoms with Crippen LogP contribution in [0.1, 0.15) is 30.7 Å². The summed E-state index contributed by atoms with van der Waals surface area (Å²) in [5.74, 6) is 0.598. The molecule has 0 bridgehead atoms. The fourth-order valence-corrected chi connectivity index (χ4v) is 3.62. The molecule has 3 rings (SSSR count). The molecule has 18 heavy (non-hydrogen) atoms. The van der Waals surface area contributed by atoms with E-state index in [1.54, 1.807) is 18.3 Å². The number of aromatic nitrogens is 1. The molecule has 1 saturated heterocycles. The van der Waals surface area contributed by atoms with Crippen LogP contribution in [0, 0.1) is 0 Å². The Labute approximate surface area is 110 Å². The molecular weight excluding hydrogens is 244 g/mol. The number of para-hydroxylation sites is 1. The summed E-state index contributed by atoms with van der Waals surface area (Å²) in [5, 5.41) is 1.18. The molecule has 0 radical (unpaired) electrons. The van der Waals surface area contributed by atoms with E-state index in [1.165, 1.54) is 9.71 Å². The highest BCUT2D eigenvalue weighted by molar-refractivity contribution is 7.18. The van der Waals surface area contributed by atoms with E-state index in [0.29, 0.717) is 5.92 Å². The second-order valence-electron chi connectivity index (χ2n) is 4.82. The van der Waals surface area contributed by atoms with Gasteiger partial charge >= 0.3 is 0 Å². The van der Waals surface area contributed by atoms with Crippen LogP contribution in [0.3, 0.4) is 0 Å². The average Bonchev–Trinajstić information content (AvgIpc) is 2.82. The Morgan fingerprint density at radius 2 is 2.28 bits per heavy atom. The molecule has 2 aromatic rings. The fraction of sp³-hybridized carbons (Fsp3) is 0.429. The first-order chi connectivity index (χ1) is 8.74. The van der Waals surface area contributed by atoms with Gasteiger partial charge < -0.3 is 4.90 Å². The van der Waals surface area contributed by atoms with Crippen LogP contribution >= 0.6 is 11.3 Å². The van der Waals surface area contributed by atoms with Gasteiger partial charge in [-0.15, -0.1) is 11.3 Å². The molecule has 1 aliphatic heterocycles. The molecule has 1 aliphatic rings. The molecular formula is C14H16N2OS. The van der Waals surface area contributed by atoms with Crippen molar-refractivity contribution in [3.63, 3.8) is 0 Å². The Kier molecular flexibility index (Phi) is 3.04. The van der Waals surface area contributed by atoms with E-state index in [0.717, 1.165) is 31.4 Å². The fourth-order valence-electron chi connectivity index (χ4n) is 2.53. The van der Waals surface area contributed by atoms with Crippen LogP contribution in [0.4, 0.5) is 0 Å². The van der Waals surface area contributed by atoms with Crippen molar-refractivity contribution in [1.82, 2.24) is 9.88 Å². The Morgan fingerprint density at radius 3 is 3.06 bits per heavy atom. The molecule has 1 aromatic carbocycles. The van der Waals surface area contributed by atoms with E-state index in [1.807, 2.05) is 17.0 Å². The van der Waals surface area contributed by atoms with Gasteiger partial charge in [-0.2, -0.15) is 0 Å². The minimum Gasteiger partial charge on any atom is -0.342 e. The Bertz CT molecular complexity index is 545. The van der Waals surface area contributed by atoms with Crippen molar-refractivity contribution in [2.45, 2.75) is 25.7 Å². The van der Waals surface area contributed by atoms with E-state index in [-0.39, 0.29) is 5.91 Å². The van der Waals surface area contributed by atoms with Crippen LogP contribution in [0.15, 0.2) is 24.3 Å². The summed E-state index contributed by atoms with van der Waals surface area (Å²) in [6, 6.07) is 8.24. The minimum atomic E-state index is 0.181. The standard InChI is InChI=1S/C14H16N2OS/c1-10(17)16-8-4-5-11(9-16)14-15-12-6-2-3-7-13(12)18-14/h2-3,6-7,11H,4-5,8-9H2,1H3. The SMILES string of the molecule is CC(=O)N1CCCC(c2nc3ccccc3s2)C1. The van der Waals surface area contributed by atoms with E-state index in [2.05, 4.69) is 12.1 Å². The summed E-state index contributed by atoms with van der Waals surface area (Å²) >= 11 is 1.77. The summed E-state index contributed by atoms with van der Waals surface area (Å²) in [6.45, 7) is 3.38. The first-order valence-electron chi connectivity index (χ1n) is 6.35.